The summed E-state index contributed by atoms with van der Waals surface area (Å²) in [5.74, 6) is 0.0325. The monoisotopic (exact) mass is 240 g/mol. The Hall–Kier alpha value is -2.07. The largest absolute Gasteiger partial charge is 0.508 e. The lowest BCUT2D eigenvalue weighted by molar-refractivity contribution is 0.344. The maximum atomic E-state index is 10.7. The standard InChI is InChI=1S/C9H8N2O4S/c1-16(13,14)15-11-9(6-10)7-2-4-8(12)5-3-7/h2-5,12H,1H3. The average molecular weight is 240 g/mol. The van der Waals surface area contributed by atoms with Crippen molar-refractivity contribution in [1.29, 1.82) is 5.26 Å². The van der Waals surface area contributed by atoms with Gasteiger partial charge >= 0.3 is 10.1 Å². The molecular weight excluding hydrogens is 232 g/mol. The second-order valence-electron chi connectivity index (χ2n) is 2.88. The Morgan fingerprint density at radius 1 is 1.44 bits per heavy atom. The van der Waals surface area contributed by atoms with Gasteiger partial charge in [0.05, 0.1) is 6.26 Å². The van der Waals surface area contributed by atoms with E-state index in [-0.39, 0.29) is 11.5 Å². The zero-order chi connectivity index (χ0) is 12.2. The highest BCUT2D eigenvalue weighted by molar-refractivity contribution is 7.85. The summed E-state index contributed by atoms with van der Waals surface area (Å²) >= 11 is 0. The first-order chi connectivity index (χ1) is 7.42. The smallest absolute Gasteiger partial charge is 0.325 e. The Bertz CT molecular complexity index is 540. The molecule has 0 aliphatic carbocycles. The fourth-order valence-electron chi connectivity index (χ4n) is 0.862. The molecule has 0 spiro atoms. The normalized spacial score (nSPS) is 11.9. The Morgan fingerprint density at radius 2 is 2.00 bits per heavy atom. The minimum absolute atomic E-state index is 0.0325. The van der Waals surface area contributed by atoms with E-state index >= 15 is 0 Å². The summed E-state index contributed by atoms with van der Waals surface area (Å²) in [6.07, 6.45) is 0.822. The first kappa shape index (κ1) is 12.0. The number of phenolic OH excluding ortho intramolecular Hbond substituents is 1. The van der Waals surface area contributed by atoms with Gasteiger partial charge in [-0.25, -0.2) is 0 Å². The number of phenols is 1. The van der Waals surface area contributed by atoms with Crippen LogP contribution in [-0.2, 0) is 14.4 Å². The van der Waals surface area contributed by atoms with Crippen LogP contribution in [0.3, 0.4) is 0 Å². The highest BCUT2D eigenvalue weighted by atomic mass is 32.2. The maximum Gasteiger partial charge on any atom is 0.325 e. The molecule has 0 saturated carbocycles. The van der Waals surface area contributed by atoms with Crippen molar-refractivity contribution in [3.8, 4) is 11.8 Å². The molecule has 0 atom stereocenters. The van der Waals surface area contributed by atoms with Crippen LogP contribution < -0.4 is 0 Å². The second kappa shape index (κ2) is 4.63. The molecule has 0 unspecified atom stereocenters. The van der Waals surface area contributed by atoms with Crippen LogP contribution in [0.15, 0.2) is 29.4 Å². The number of nitrogens with zero attached hydrogens (tertiary/aromatic N) is 2. The molecule has 1 rings (SSSR count). The van der Waals surface area contributed by atoms with Crippen molar-refractivity contribution in [2.24, 2.45) is 5.16 Å². The lowest BCUT2D eigenvalue weighted by atomic mass is 10.1. The van der Waals surface area contributed by atoms with Gasteiger partial charge in [-0.1, -0.05) is 5.16 Å². The van der Waals surface area contributed by atoms with Gasteiger partial charge in [0.1, 0.15) is 11.8 Å². The summed E-state index contributed by atoms with van der Waals surface area (Å²) in [6, 6.07) is 7.23. The van der Waals surface area contributed by atoms with Crippen LogP contribution in [0.1, 0.15) is 5.56 Å². The number of nitriles is 1. The van der Waals surface area contributed by atoms with Crippen molar-refractivity contribution in [1.82, 2.24) is 0 Å². The molecule has 1 aromatic rings. The molecule has 0 radical (unpaired) electrons. The molecule has 0 amide bonds. The summed E-state index contributed by atoms with van der Waals surface area (Å²) in [5.41, 5.74) is 0.161. The molecule has 0 aromatic heterocycles. The van der Waals surface area contributed by atoms with Gasteiger partial charge in [0.25, 0.3) is 0 Å². The number of aromatic hydroxyl groups is 1. The highest BCUT2D eigenvalue weighted by Gasteiger charge is 2.06. The molecular formula is C9H8N2O4S. The van der Waals surface area contributed by atoms with Crippen LogP contribution >= 0.6 is 0 Å². The number of oxime groups is 1. The molecule has 1 N–H and O–H groups in total. The van der Waals surface area contributed by atoms with Gasteiger partial charge < -0.3 is 5.11 Å². The SMILES string of the molecule is CS(=O)(=O)ON=C(C#N)c1ccc(O)cc1. The Balaban J connectivity index is 3.00. The molecule has 7 heteroatoms. The summed E-state index contributed by atoms with van der Waals surface area (Å²) in [4.78, 5) is 0. The van der Waals surface area contributed by atoms with Crippen molar-refractivity contribution < 1.29 is 17.8 Å². The minimum atomic E-state index is -3.73. The van der Waals surface area contributed by atoms with Crippen molar-refractivity contribution in [2.75, 3.05) is 6.26 Å². The van der Waals surface area contributed by atoms with E-state index in [9.17, 15) is 8.42 Å². The summed E-state index contributed by atoms with van der Waals surface area (Å²) in [5, 5.41) is 20.9. The van der Waals surface area contributed by atoms with Crippen molar-refractivity contribution in [2.45, 2.75) is 0 Å². The van der Waals surface area contributed by atoms with Gasteiger partial charge in [0.15, 0.2) is 5.71 Å². The van der Waals surface area contributed by atoms with E-state index in [4.69, 9.17) is 10.4 Å². The number of hydrogen-bond acceptors (Lipinski definition) is 6. The molecule has 0 heterocycles. The van der Waals surface area contributed by atoms with Crippen LogP contribution in [0, 0.1) is 11.3 Å². The quantitative estimate of drug-likeness (QED) is 0.615. The van der Waals surface area contributed by atoms with E-state index in [0.29, 0.717) is 5.56 Å². The third-order valence-corrected chi connectivity index (χ3v) is 1.86. The van der Waals surface area contributed by atoms with E-state index in [2.05, 4.69) is 9.44 Å². The molecule has 0 bridgehead atoms. The lowest BCUT2D eigenvalue weighted by Crippen LogP contribution is -2.03. The first-order valence-corrected chi connectivity index (χ1v) is 5.90. The Morgan fingerprint density at radius 3 is 2.44 bits per heavy atom. The molecule has 16 heavy (non-hydrogen) atoms. The zero-order valence-electron chi connectivity index (χ0n) is 8.28. The zero-order valence-corrected chi connectivity index (χ0v) is 9.10. The number of benzene rings is 1. The fourth-order valence-corrected chi connectivity index (χ4v) is 1.07. The van der Waals surface area contributed by atoms with Gasteiger partial charge in [0, 0.05) is 5.56 Å². The van der Waals surface area contributed by atoms with E-state index in [1.807, 2.05) is 0 Å². The van der Waals surface area contributed by atoms with Crippen molar-refractivity contribution in [3.05, 3.63) is 29.8 Å². The fraction of sp³-hybridized carbons (Fsp3) is 0.111. The Labute approximate surface area is 92.5 Å². The van der Waals surface area contributed by atoms with Gasteiger partial charge in [-0.2, -0.15) is 13.7 Å². The second-order valence-corrected chi connectivity index (χ2v) is 4.43. The molecule has 6 nitrogen and oxygen atoms in total. The van der Waals surface area contributed by atoms with Crippen LogP contribution in [0.2, 0.25) is 0 Å². The molecule has 0 aliphatic heterocycles. The Kier molecular flexibility index (Phi) is 3.48. The lowest BCUT2D eigenvalue weighted by Gasteiger charge is -1.98. The summed E-state index contributed by atoms with van der Waals surface area (Å²) in [7, 11) is -3.73. The predicted molar refractivity (Wildman–Crippen MR) is 56.2 cm³/mol. The van der Waals surface area contributed by atoms with Gasteiger partial charge in [-0.3, -0.25) is 4.28 Å². The minimum Gasteiger partial charge on any atom is -0.508 e. The van der Waals surface area contributed by atoms with Crippen LogP contribution in [0.25, 0.3) is 0 Å². The van der Waals surface area contributed by atoms with E-state index in [1.54, 1.807) is 6.07 Å². The predicted octanol–water partition coefficient (Wildman–Crippen LogP) is 0.596. The third-order valence-electron chi connectivity index (χ3n) is 1.51. The molecule has 84 valence electrons. The third kappa shape index (κ3) is 3.59. The maximum absolute atomic E-state index is 10.7. The van der Waals surface area contributed by atoms with Gasteiger partial charge in [0.2, 0.25) is 0 Å². The highest BCUT2D eigenvalue weighted by Crippen LogP contribution is 2.10. The molecule has 0 aliphatic rings. The van der Waals surface area contributed by atoms with Crippen molar-refractivity contribution >= 4 is 15.8 Å². The molecule has 0 saturated heterocycles. The van der Waals surface area contributed by atoms with E-state index in [0.717, 1.165) is 6.26 Å². The summed E-state index contributed by atoms with van der Waals surface area (Å²) in [6.45, 7) is 0. The number of hydrogen-bond donors (Lipinski definition) is 1. The van der Waals surface area contributed by atoms with Gasteiger partial charge in [-0.05, 0) is 24.3 Å². The van der Waals surface area contributed by atoms with Gasteiger partial charge in [-0.15, -0.1) is 0 Å². The van der Waals surface area contributed by atoms with Crippen LogP contribution in [0.5, 0.6) is 5.75 Å². The molecule has 0 fully saturated rings. The van der Waals surface area contributed by atoms with E-state index < -0.39 is 10.1 Å². The van der Waals surface area contributed by atoms with E-state index in [1.165, 1.54) is 24.3 Å². The average Bonchev–Trinajstić information content (AvgIpc) is 2.20. The first-order valence-electron chi connectivity index (χ1n) is 4.08. The van der Waals surface area contributed by atoms with Crippen LogP contribution in [-0.4, -0.2) is 25.5 Å². The topological polar surface area (TPSA) is 99.8 Å². The van der Waals surface area contributed by atoms with Crippen molar-refractivity contribution in [3.63, 3.8) is 0 Å². The summed E-state index contributed by atoms with van der Waals surface area (Å²) < 4.78 is 25.5. The molecule has 1 aromatic carbocycles. The van der Waals surface area contributed by atoms with Crippen LogP contribution in [0.4, 0.5) is 0 Å². The number of rotatable bonds is 3.